The second-order valence-electron chi connectivity index (χ2n) is 5.79. The van der Waals surface area contributed by atoms with E-state index >= 15 is 0 Å². The molecular weight excluding hydrogens is 398 g/mol. The molecule has 1 aromatic carbocycles. The van der Waals surface area contributed by atoms with Crippen LogP contribution in [0.3, 0.4) is 0 Å². The van der Waals surface area contributed by atoms with Crippen LogP contribution in [-0.4, -0.2) is 32.3 Å². The Labute approximate surface area is 171 Å². The highest BCUT2D eigenvalue weighted by molar-refractivity contribution is 7.12. The van der Waals surface area contributed by atoms with Gasteiger partial charge in [0.05, 0.1) is 33.4 Å². The van der Waals surface area contributed by atoms with Crippen LogP contribution in [0.15, 0.2) is 41.8 Å². The zero-order valence-corrected chi connectivity index (χ0v) is 17.4. The molecule has 0 spiro atoms. The van der Waals surface area contributed by atoms with Gasteiger partial charge >= 0.3 is 0 Å². The lowest BCUT2D eigenvalue weighted by Gasteiger charge is -2.15. The van der Waals surface area contributed by atoms with E-state index in [9.17, 15) is 9.90 Å². The van der Waals surface area contributed by atoms with Gasteiger partial charge in [0, 0.05) is 14.6 Å². The summed E-state index contributed by atoms with van der Waals surface area (Å²) in [7, 11) is 4.50. The first-order chi connectivity index (χ1) is 13.6. The standard InChI is InChI=1S/C20H21NO5S2/c1-24-14-8-7-13(18(25-2)19(14)26-3)20(23)21-11-12-6-9-16(28-12)17(22)15-5-4-10-27-15/h4-10,17,22H,11H2,1-3H3,(H,21,23). The van der Waals surface area contributed by atoms with E-state index < -0.39 is 6.10 Å². The van der Waals surface area contributed by atoms with E-state index in [4.69, 9.17) is 14.2 Å². The second kappa shape index (κ2) is 9.09. The van der Waals surface area contributed by atoms with Crippen LogP contribution >= 0.6 is 22.7 Å². The van der Waals surface area contributed by atoms with Crippen molar-refractivity contribution in [2.45, 2.75) is 12.6 Å². The van der Waals surface area contributed by atoms with Crippen molar-refractivity contribution in [3.8, 4) is 17.2 Å². The molecule has 0 radical (unpaired) electrons. The Morgan fingerprint density at radius 3 is 2.46 bits per heavy atom. The molecule has 8 heteroatoms. The molecule has 1 unspecified atom stereocenters. The molecule has 6 nitrogen and oxygen atoms in total. The maximum atomic E-state index is 12.7. The Bertz CT molecular complexity index is 936. The fourth-order valence-corrected chi connectivity index (χ4v) is 4.53. The van der Waals surface area contributed by atoms with Crippen molar-refractivity contribution < 1.29 is 24.1 Å². The van der Waals surface area contributed by atoms with Crippen LogP contribution in [0.2, 0.25) is 0 Å². The molecule has 1 amide bonds. The molecule has 0 saturated carbocycles. The van der Waals surface area contributed by atoms with E-state index in [0.29, 0.717) is 29.4 Å². The van der Waals surface area contributed by atoms with Crippen molar-refractivity contribution in [1.82, 2.24) is 5.32 Å². The van der Waals surface area contributed by atoms with E-state index in [-0.39, 0.29) is 5.91 Å². The van der Waals surface area contributed by atoms with Gasteiger partial charge in [-0.2, -0.15) is 0 Å². The SMILES string of the molecule is COc1ccc(C(=O)NCc2ccc(C(O)c3cccs3)s2)c(OC)c1OC. The van der Waals surface area contributed by atoms with E-state index in [1.54, 1.807) is 12.1 Å². The average molecular weight is 420 g/mol. The topological polar surface area (TPSA) is 77.0 Å². The third-order valence-corrected chi connectivity index (χ3v) is 6.20. The minimum Gasteiger partial charge on any atom is -0.493 e. The number of carbonyl (C=O) groups is 1. The highest BCUT2D eigenvalue weighted by Gasteiger charge is 2.21. The number of rotatable bonds is 8. The van der Waals surface area contributed by atoms with Gasteiger partial charge in [-0.3, -0.25) is 4.79 Å². The summed E-state index contributed by atoms with van der Waals surface area (Å²) < 4.78 is 15.9. The zero-order valence-electron chi connectivity index (χ0n) is 15.7. The van der Waals surface area contributed by atoms with E-state index in [1.807, 2.05) is 29.6 Å². The van der Waals surface area contributed by atoms with Gasteiger partial charge in [-0.1, -0.05) is 6.07 Å². The lowest BCUT2D eigenvalue weighted by Crippen LogP contribution is -2.23. The van der Waals surface area contributed by atoms with Crippen LogP contribution in [-0.2, 0) is 6.54 Å². The average Bonchev–Trinajstić information content (AvgIpc) is 3.42. The molecule has 2 aromatic heterocycles. The molecule has 148 valence electrons. The summed E-state index contributed by atoms with van der Waals surface area (Å²) in [5.74, 6) is 0.891. The van der Waals surface area contributed by atoms with Crippen molar-refractivity contribution in [1.29, 1.82) is 0 Å². The van der Waals surface area contributed by atoms with Crippen LogP contribution in [0.5, 0.6) is 17.2 Å². The molecule has 0 aliphatic carbocycles. The van der Waals surface area contributed by atoms with Gasteiger partial charge in [-0.25, -0.2) is 0 Å². The summed E-state index contributed by atoms with van der Waals surface area (Å²) in [6.45, 7) is 0.345. The molecular formula is C20H21NO5S2. The molecule has 0 aliphatic heterocycles. The molecule has 0 fully saturated rings. The number of amides is 1. The van der Waals surface area contributed by atoms with Crippen molar-refractivity contribution >= 4 is 28.6 Å². The highest BCUT2D eigenvalue weighted by Crippen LogP contribution is 2.39. The lowest BCUT2D eigenvalue weighted by atomic mass is 10.1. The van der Waals surface area contributed by atoms with Crippen molar-refractivity contribution in [3.63, 3.8) is 0 Å². The predicted molar refractivity (Wildman–Crippen MR) is 110 cm³/mol. The number of thiophene rings is 2. The van der Waals surface area contributed by atoms with Crippen molar-refractivity contribution in [3.05, 3.63) is 62.0 Å². The maximum absolute atomic E-state index is 12.7. The van der Waals surface area contributed by atoms with Crippen LogP contribution in [0.4, 0.5) is 0 Å². The monoisotopic (exact) mass is 419 g/mol. The first kappa shape index (κ1) is 20.2. The van der Waals surface area contributed by atoms with Crippen LogP contribution in [0.1, 0.15) is 31.1 Å². The van der Waals surface area contributed by atoms with Gasteiger partial charge in [0.25, 0.3) is 5.91 Å². The molecule has 3 rings (SSSR count). The van der Waals surface area contributed by atoms with E-state index in [0.717, 1.165) is 14.6 Å². The Hall–Kier alpha value is -2.55. The third-order valence-electron chi connectivity index (χ3n) is 4.14. The normalized spacial score (nSPS) is 11.7. The maximum Gasteiger partial charge on any atom is 0.255 e. The first-order valence-corrected chi connectivity index (χ1v) is 10.2. The fourth-order valence-electron chi connectivity index (χ4n) is 2.77. The number of hydrogen-bond donors (Lipinski definition) is 2. The molecule has 0 aliphatic rings. The largest absolute Gasteiger partial charge is 0.493 e. The van der Waals surface area contributed by atoms with E-state index in [2.05, 4.69) is 5.32 Å². The van der Waals surface area contributed by atoms with E-state index in [1.165, 1.54) is 44.0 Å². The Balaban J connectivity index is 1.71. The summed E-state index contributed by atoms with van der Waals surface area (Å²) in [4.78, 5) is 15.3. The summed E-state index contributed by atoms with van der Waals surface area (Å²) in [5, 5.41) is 15.2. The van der Waals surface area contributed by atoms with Gasteiger partial charge in [0.15, 0.2) is 11.5 Å². The van der Waals surface area contributed by atoms with Gasteiger partial charge in [-0.05, 0) is 35.7 Å². The van der Waals surface area contributed by atoms with Crippen molar-refractivity contribution in [2.75, 3.05) is 21.3 Å². The zero-order chi connectivity index (χ0) is 20.1. The quantitative estimate of drug-likeness (QED) is 0.580. The van der Waals surface area contributed by atoms with Crippen molar-refractivity contribution in [2.24, 2.45) is 0 Å². The number of aliphatic hydroxyl groups excluding tert-OH is 1. The Kier molecular flexibility index (Phi) is 6.56. The van der Waals surface area contributed by atoms with Gasteiger partial charge in [-0.15, -0.1) is 22.7 Å². The summed E-state index contributed by atoms with van der Waals surface area (Å²) in [6.07, 6.45) is -0.639. The lowest BCUT2D eigenvalue weighted by molar-refractivity contribution is 0.0947. The van der Waals surface area contributed by atoms with Gasteiger partial charge in [0.1, 0.15) is 6.10 Å². The number of nitrogens with one attached hydrogen (secondary N) is 1. The first-order valence-electron chi connectivity index (χ1n) is 8.46. The molecule has 3 aromatic rings. The smallest absolute Gasteiger partial charge is 0.255 e. The summed E-state index contributed by atoms with van der Waals surface area (Å²) in [5.41, 5.74) is 0.357. The highest BCUT2D eigenvalue weighted by atomic mass is 32.1. The number of benzene rings is 1. The number of hydrogen-bond acceptors (Lipinski definition) is 7. The van der Waals surface area contributed by atoms with Crippen LogP contribution < -0.4 is 19.5 Å². The molecule has 28 heavy (non-hydrogen) atoms. The second-order valence-corrected chi connectivity index (χ2v) is 7.97. The summed E-state index contributed by atoms with van der Waals surface area (Å²) in [6, 6.07) is 10.9. The molecule has 1 atom stereocenters. The number of aliphatic hydroxyl groups is 1. The summed E-state index contributed by atoms with van der Waals surface area (Å²) >= 11 is 2.98. The van der Waals surface area contributed by atoms with Crippen LogP contribution in [0.25, 0.3) is 0 Å². The Morgan fingerprint density at radius 1 is 1.04 bits per heavy atom. The minimum atomic E-state index is -0.639. The van der Waals surface area contributed by atoms with Gasteiger partial charge < -0.3 is 24.6 Å². The molecule has 2 heterocycles. The fraction of sp³-hybridized carbons (Fsp3) is 0.250. The molecule has 0 saturated heterocycles. The number of carbonyl (C=O) groups excluding carboxylic acids is 1. The molecule has 0 bridgehead atoms. The van der Waals surface area contributed by atoms with Gasteiger partial charge in [0.2, 0.25) is 5.75 Å². The molecule has 2 N–H and O–H groups in total. The number of ether oxygens (including phenoxy) is 3. The predicted octanol–water partition coefficient (Wildman–Crippen LogP) is 3.85. The minimum absolute atomic E-state index is 0.286. The number of methoxy groups -OCH3 is 3. The van der Waals surface area contributed by atoms with Crippen LogP contribution in [0, 0.1) is 0 Å². The Morgan fingerprint density at radius 2 is 1.82 bits per heavy atom. The third kappa shape index (κ3) is 4.14.